The van der Waals surface area contributed by atoms with E-state index in [1.165, 1.54) is 0 Å². The molecule has 4 nitrogen and oxygen atoms in total. The number of allylic oxidation sites excluding steroid dienone is 1. The zero-order valence-corrected chi connectivity index (χ0v) is 15.0. The molecule has 132 valence electrons. The zero-order chi connectivity index (χ0) is 18.1. The van der Waals surface area contributed by atoms with Crippen LogP contribution in [0.15, 0.2) is 79.9 Å². The monoisotopic (exact) mass is 356 g/mol. The molecule has 25 heavy (non-hydrogen) atoms. The molecule has 0 spiro atoms. The Balaban J connectivity index is 2.15. The molecule has 2 aromatic carbocycles. The fourth-order valence-corrected chi connectivity index (χ4v) is 3.66. The molecule has 2 N–H and O–H groups in total. The fraction of sp³-hybridized carbons (Fsp3) is 0.200. The van der Waals surface area contributed by atoms with Crippen LogP contribution in [-0.2, 0) is 23.2 Å². The van der Waals surface area contributed by atoms with Gasteiger partial charge in [-0.1, -0.05) is 66.7 Å². The third-order valence-electron chi connectivity index (χ3n) is 3.80. The molecule has 0 saturated heterocycles. The number of hydrogen-bond acceptors (Lipinski definition) is 2. The summed E-state index contributed by atoms with van der Waals surface area (Å²) in [6.07, 6.45) is 4.71. The maximum atomic E-state index is 12.5. The first kappa shape index (κ1) is 19.1. The minimum absolute atomic E-state index is 0.241. The van der Waals surface area contributed by atoms with E-state index in [2.05, 4.69) is 22.6 Å². The van der Waals surface area contributed by atoms with Crippen molar-refractivity contribution in [1.82, 2.24) is 9.44 Å². The predicted octanol–water partition coefficient (Wildman–Crippen LogP) is 3.66. The van der Waals surface area contributed by atoms with E-state index in [0.717, 1.165) is 16.7 Å². The second-order valence-corrected chi connectivity index (χ2v) is 7.23. The van der Waals surface area contributed by atoms with Crippen molar-refractivity contribution < 1.29 is 8.42 Å². The molecule has 0 radical (unpaired) electrons. The van der Waals surface area contributed by atoms with E-state index in [-0.39, 0.29) is 12.6 Å². The SMILES string of the molecule is C=CCc1ccccc1C(CC=C)NS(=O)(=O)NCc1ccccc1. The van der Waals surface area contributed by atoms with Crippen LogP contribution in [0, 0.1) is 0 Å². The van der Waals surface area contributed by atoms with E-state index in [1.807, 2.05) is 60.7 Å². The highest BCUT2D eigenvalue weighted by molar-refractivity contribution is 7.87. The standard InChI is InChI=1S/C20H24N2O2S/c1-3-10-18-14-8-9-15-19(18)20(11-4-2)22-25(23,24)21-16-17-12-6-5-7-13-17/h3-9,12-15,20-22H,1-2,10-11,16H2. The maximum Gasteiger partial charge on any atom is 0.277 e. The average molecular weight is 356 g/mol. The minimum atomic E-state index is -3.65. The first-order valence-electron chi connectivity index (χ1n) is 8.16. The third kappa shape index (κ3) is 5.98. The molecule has 5 heteroatoms. The number of benzene rings is 2. The lowest BCUT2D eigenvalue weighted by atomic mass is 9.97. The van der Waals surface area contributed by atoms with E-state index in [0.29, 0.717) is 12.8 Å². The molecule has 1 atom stereocenters. The highest BCUT2D eigenvalue weighted by atomic mass is 32.2. The van der Waals surface area contributed by atoms with Gasteiger partial charge in [-0.3, -0.25) is 0 Å². The fourth-order valence-electron chi connectivity index (χ4n) is 2.62. The molecule has 1 unspecified atom stereocenters. The van der Waals surface area contributed by atoms with Gasteiger partial charge in [-0.2, -0.15) is 17.9 Å². The van der Waals surface area contributed by atoms with Gasteiger partial charge in [-0.25, -0.2) is 0 Å². The first-order chi connectivity index (χ1) is 12.1. The van der Waals surface area contributed by atoms with Crippen LogP contribution < -0.4 is 9.44 Å². The van der Waals surface area contributed by atoms with Gasteiger partial charge in [0.15, 0.2) is 0 Å². The second kappa shape index (κ2) is 9.32. The van der Waals surface area contributed by atoms with Crippen molar-refractivity contribution in [3.05, 3.63) is 96.6 Å². The summed E-state index contributed by atoms with van der Waals surface area (Å²) < 4.78 is 30.2. The summed E-state index contributed by atoms with van der Waals surface area (Å²) in [5, 5.41) is 0. The van der Waals surface area contributed by atoms with Crippen LogP contribution in [0.2, 0.25) is 0 Å². The second-order valence-electron chi connectivity index (χ2n) is 5.70. The lowest BCUT2D eigenvalue weighted by Gasteiger charge is -2.21. The van der Waals surface area contributed by atoms with Gasteiger partial charge in [-0.05, 0) is 29.5 Å². The van der Waals surface area contributed by atoms with Crippen LogP contribution in [0.25, 0.3) is 0 Å². The molecule has 0 saturated carbocycles. The lowest BCUT2D eigenvalue weighted by molar-refractivity contribution is 0.542. The molecular weight excluding hydrogens is 332 g/mol. The van der Waals surface area contributed by atoms with Gasteiger partial charge in [0.2, 0.25) is 0 Å². The summed E-state index contributed by atoms with van der Waals surface area (Å²) in [5.74, 6) is 0. The van der Waals surface area contributed by atoms with Crippen molar-refractivity contribution in [3.63, 3.8) is 0 Å². The Labute approximate surface area is 150 Å². The number of nitrogens with one attached hydrogen (secondary N) is 2. The summed E-state index contributed by atoms with van der Waals surface area (Å²) >= 11 is 0. The Morgan fingerprint density at radius 1 is 0.960 bits per heavy atom. The predicted molar refractivity (Wildman–Crippen MR) is 103 cm³/mol. The van der Waals surface area contributed by atoms with Crippen LogP contribution in [-0.4, -0.2) is 8.42 Å². The Hall–Kier alpha value is -2.21. The smallest absolute Gasteiger partial charge is 0.198 e. The van der Waals surface area contributed by atoms with E-state index >= 15 is 0 Å². The lowest BCUT2D eigenvalue weighted by Crippen LogP contribution is -2.38. The van der Waals surface area contributed by atoms with Crippen molar-refractivity contribution in [1.29, 1.82) is 0 Å². The van der Waals surface area contributed by atoms with Gasteiger partial charge in [0.25, 0.3) is 10.2 Å². The third-order valence-corrected chi connectivity index (χ3v) is 4.92. The van der Waals surface area contributed by atoms with Gasteiger partial charge in [0.1, 0.15) is 0 Å². The van der Waals surface area contributed by atoms with Gasteiger partial charge in [0.05, 0.1) is 6.04 Å². The van der Waals surface area contributed by atoms with Crippen LogP contribution in [0.3, 0.4) is 0 Å². The van der Waals surface area contributed by atoms with Gasteiger partial charge < -0.3 is 0 Å². The van der Waals surface area contributed by atoms with E-state index in [1.54, 1.807) is 6.08 Å². The van der Waals surface area contributed by atoms with Crippen LogP contribution in [0.4, 0.5) is 0 Å². The molecule has 0 bridgehead atoms. The van der Waals surface area contributed by atoms with Crippen molar-refractivity contribution in [2.24, 2.45) is 0 Å². The molecule has 0 heterocycles. The van der Waals surface area contributed by atoms with Crippen molar-refractivity contribution in [2.75, 3.05) is 0 Å². The first-order valence-corrected chi connectivity index (χ1v) is 9.64. The summed E-state index contributed by atoms with van der Waals surface area (Å²) in [7, 11) is -3.65. The zero-order valence-electron chi connectivity index (χ0n) is 14.2. The van der Waals surface area contributed by atoms with Crippen molar-refractivity contribution >= 4 is 10.2 Å². The molecule has 0 aromatic heterocycles. The number of hydrogen-bond donors (Lipinski definition) is 2. The molecule has 0 amide bonds. The maximum absolute atomic E-state index is 12.5. The van der Waals surface area contributed by atoms with Gasteiger partial charge in [0, 0.05) is 6.54 Å². The summed E-state index contributed by atoms with van der Waals surface area (Å²) in [6, 6.07) is 16.8. The average Bonchev–Trinajstić information content (AvgIpc) is 2.61. The van der Waals surface area contributed by atoms with E-state index < -0.39 is 10.2 Å². The summed E-state index contributed by atoms with van der Waals surface area (Å²) in [5.41, 5.74) is 2.89. The summed E-state index contributed by atoms with van der Waals surface area (Å²) in [4.78, 5) is 0. The molecule has 0 aliphatic heterocycles. The van der Waals surface area contributed by atoms with Crippen molar-refractivity contribution in [2.45, 2.75) is 25.4 Å². The van der Waals surface area contributed by atoms with Crippen LogP contribution in [0.1, 0.15) is 29.2 Å². The van der Waals surface area contributed by atoms with Crippen LogP contribution in [0.5, 0.6) is 0 Å². The topological polar surface area (TPSA) is 58.2 Å². The normalized spacial score (nSPS) is 12.5. The van der Waals surface area contributed by atoms with Gasteiger partial charge >= 0.3 is 0 Å². The summed E-state index contributed by atoms with van der Waals surface area (Å²) in [6.45, 7) is 7.76. The molecule has 0 fully saturated rings. The van der Waals surface area contributed by atoms with Gasteiger partial charge in [-0.15, -0.1) is 13.2 Å². The number of rotatable bonds is 10. The quantitative estimate of drug-likeness (QED) is 0.638. The molecule has 2 rings (SSSR count). The Kier molecular flexibility index (Phi) is 7.13. The van der Waals surface area contributed by atoms with Crippen LogP contribution >= 0.6 is 0 Å². The highest BCUT2D eigenvalue weighted by Gasteiger charge is 2.20. The Morgan fingerprint density at radius 3 is 2.32 bits per heavy atom. The largest absolute Gasteiger partial charge is 0.277 e. The van der Waals surface area contributed by atoms with E-state index in [9.17, 15) is 8.42 Å². The molecule has 0 aliphatic rings. The Morgan fingerprint density at radius 2 is 1.64 bits per heavy atom. The molecule has 2 aromatic rings. The Bertz CT molecular complexity index is 801. The molecular formula is C20H24N2O2S. The molecule has 0 aliphatic carbocycles. The highest BCUT2D eigenvalue weighted by Crippen LogP contribution is 2.23. The minimum Gasteiger partial charge on any atom is -0.198 e. The van der Waals surface area contributed by atoms with E-state index in [4.69, 9.17) is 0 Å². The van der Waals surface area contributed by atoms with Crippen molar-refractivity contribution in [3.8, 4) is 0 Å².